The molecule has 0 saturated carbocycles. The van der Waals surface area contributed by atoms with Crippen LogP contribution in [-0.2, 0) is 9.47 Å². The van der Waals surface area contributed by atoms with Crippen molar-refractivity contribution in [3.63, 3.8) is 0 Å². The van der Waals surface area contributed by atoms with Crippen LogP contribution in [0, 0.1) is 4.91 Å². The monoisotopic (exact) mass is 161 g/mol. The number of hydrogen-bond donors (Lipinski definition) is 1. The summed E-state index contributed by atoms with van der Waals surface area (Å²) in [4.78, 5) is 10.1. The zero-order valence-electron chi connectivity index (χ0n) is 6.27. The van der Waals surface area contributed by atoms with E-state index in [1.54, 1.807) is 0 Å². The maximum Gasteiger partial charge on any atom is 0.157 e. The molecule has 1 heterocycles. The van der Waals surface area contributed by atoms with Gasteiger partial charge in [-0.15, -0.1) is 0 Å². The predicted molar refractivity (Wildman–Crippen MR) is 37.0 cm³/mol. The highest BCUT2D eigenvalue weighted by Gasteiger charge is 2.31. The molecule has 0 bridgehead atoms. The zero-order chi connectivity index (χ0) is 8.27. The van der Waals surface area contributed by atoms with E-state index in [1.165, 1.54) is 7.11 Å². The number of nitrogens with zero attached hydrogens (tertiary/aromatic N) is 1. The van der Waals surface area contributed by atoms with Crippen LogP contribution in [-0.4, -0.2) is 37.3 Å². The van der Waals surface area contributed by atoms with Gasteiger partial charge >= 0.3 is 0 Å². The highest BCUT2D eigenvalue weighted by Crippen LogP contribution is 2.17. The highest BCUT2D eigenvalue weighted by molar-refractivity contribution is 4.80. The van der Waals surface area contributed by atoms with Gasteiger partial charge in [-0.05, 0) is 0 Å². The van der Waals surface area contributed by atoms with Gasteiger partial charge in [-0.3, -0.25) is 0 Å². The number of methoxy groups -OCH3 is 1. The molecule has 5 nitrogen and oxygen atoms in total. The highest BCUT2D eigenvalue weighted by atomic mass is 16.6. The average Bonchev–Trinajstić information content (AvgIpc) is 2.04. The van der Waals surface area contributed by atoms with E-state index in [2.05, 4.69) is 5.18 Å². The lowest BCUT2D eigenvalue weighted by Crippen LogP contribution is -2.41. The molecule has 0 spiro atoms. The van der Waals surface area contributed by atoms with Crippen LogP contribution in [0.25, 0.3) is 0 Å². The lowest BCUT2D eigenvalue weighted by molar-refractivity contribution is -0.165. The zero-order valence-corrected chi connectivity index (χ0v) is 6.27. The lowest BCUT2D eigenvalue weighted by Gasteiger charge is -2.28. The van der Waals surface area contributed by atoms with E-state index in [-0.39, 0.29) is 12.7 Å². The normalized spacial score (nSPS) is 38.5. The number of hydrogen-bond acceptors (Lipinski definition) is 5. The second-order valence-electron chi connectivity index (χ2n) is 2.47. The minimum Gasteiger partial charge on any atom is -0.379 e. The number of aliphatic hydroxyl groups excluding tert-OH is 1. The van der Waals surface area contributed by atoms with E-state index in [4.69, 9.17) is 14.6 Å². The predicted octanol–water partition coefficient (Wildman–Crippen LogP) is -0.125. The first-order valence-corrected chi connectivity index (χ1v) is 3.43. The van der Waals surface area contributed by atoms with E-state index >= 15 is 0 Å². The molecule has 0 radical (unpaired) electrons. The van der Waals surface area contributed by atoms with E-state index in [9.17, 15) is 4.91 Å². The van der Waals surface area contributed by atoms with Gasteiger partial charge in [-0.2, -0.15) is 4.91 Å². The molecule has 0 aromatic rings. The summed E-state index contributed by atoms with van der Waals surface area (Å²) >= 11 is 0. The maximum absolute atomic E-state index is 10.1. The topological polar surface area (TPSA) is 68.1 Å². The van der Waals surface area contributed by atoms with Crippen LogP contribution in [0.15, 0.2) is 5.18 Å². The van der Waals surface area contributed by atoms with Gasteiger partial charge in [0.05, 0.1) is 12.7 Å². The van der Waals surface area contributed by atoms with Crippen LogP contribution in [0.3, 0.4) is 0 Å². The van der Waals surface area contributed by atoms with Gasteiger partial charge in [0.25, 0.3) is 0 Å². The fourth-order valence-electron chi connectivity index (χ4n) is 1.09. The molecule has 1 N–H and O–H groups in total. The summed E-state index contributed by atoms with van der Waals surface area (Å²) < 4.78 is 9.73. The van der Waals surface area contributed by atoms with Gasteiger partial charge in [0, 0.05) is 13.5 Å². The third kappa shape index (κ3) is 1.95. The molecule has 1 saturated heterocycles. The van der Waals surface area contributed by atoms with Gasteiger partial charge in [-0.25, -0.2) is 0 Å². The fourth-order valence-corrected chi connectivity index (χ4v) is 1.09. The maximum atomic E-state index is 10.1. The van der Waals surface area contributed by atoms with Crippen molar-refractivity contribution < 1.29 is 14.6 Å². The Morgan fingerprint density at radius 2 is 2.45 bits per heavy atom. The third-order valence-corrected chi connectivity index (χ3v) is 1.76. The summed E-state index contributed by atoms with van der Waals surface area (Å²) in [6.07, 6.45) is -0.818. The van der Waals surface area contributed by atoms with Crippen LogP contribution < -0.4 is 0 Å². The Bertz CT molecular complexity index is 141. The molecule has 11 heavy (non-hydrogen) atoms. The Kier molecular flexibility index (Phi) is 2.92. The molecule has 1 fully saturated rings. The fraction of sp³-hybridized carbons (Fsp3) is 1.00. The van der Waals surface area contributed by atoms with E-state index in [0.717, 1.165) is 0 Å². The van der Waals surface area contributed by atoms with E-state index < -0.39 is 12.3 Å². The number of ether oxygens (including phenoxy) is 2. The Balaban J connectivity index is 2.47. The molecular weight excluding hydrogens is 150 g/mol. The number of rotatable bonds is 2. The van der Waals surface area contributed by atoms with Crippen molar-refractivity contribution in [1.29, 1.82) is 0 Å². The Labute approximate surface area is 64.3 Å². The van der Waals surface area contributed by atoms with Crippen molar-refractivity contribution in [2.45, 2.75) is 24.9 Å². The molecule has 1 rings (SSSR count). The summed E-state index contributed by atoms with van der Waals surface area (Å²) in [5.74, 6) is 0. The van der Waals surface area contributed by atoms with Crippen LogP contribution in [0.5, 0.6) is 0 Å². The molecule has 0 aromatic heterocycles. The summed E-state index contributed by atoms with van der Waals surface area (Å²) in [5.41, 5.74) is 0. The van der Waals surface area contributed by atoms with E-state index in [0.29, 0.717) is 6.42 Å². The van der Waals surface area contributed by atoms with Crippen molar-refractivity contribution in [1.82, 2.24) is 0 Å². The molecule has 0 aliphatic carbocycles. The minimum absolute atomic E-state index is 0.142. The smallest absolute Gasteiger partial charge is 0.157 e. The van der Waals surface area contributed by atoms with Crippen LogP contribution in [0.4, 0.5) is 0 Å². The molecule has 1 aliphatic heterocycles. The second-order valence-corrected chi connectivity index (χ2v) is 2.47. The molecule has 3 atom stereocenters. The number of nitroso groups, excluding NO2 is 1. The van der Waals surface area contributed by atoms with E-state index in [1.807, 2.05) is 0 Å². The molecule has 64 valence electrons. The molecule has 0 amide bonds. The lowest BCUT2D eigenvalue weighted by atomic mass is 10.1. The molecule has 5 heteroatoms. The van der Waals surface area contributed by atoms with Crippen molar-refractivity contribution in [3.8, 4) is 0 Å². The van der Waals surface area contributed by atoms with Gasteiger partial charge in [0.15, 0.2) is 6.29 Å². The first-order valence-electron chi connectivity index (χ1n) is 3.43. The van der Waals surface area contributed by atoms with Crippen molar-refractivity contribution in [2.24, 2.45) is 5.18 Å². The molecule has 0 unspecified atom stereocenters. The Morgan fingerprint density at radius 3 is 3.00 bits per heavy atom. The summed E-state index contributed by atoms with van der Waals surface area (Å²) in [6, 6.07) is -0.483. The summed E-state index contributed by atoms with van der Waals surface area (Å²) in [7, 11) is 1.49. The summed E-state index contributed by atoms with van der Waals surface area (Å²) in [6.45, 7) is 0.142. The van der Waals surface area contributed by atoms with Crippen LogP contribution in [0.1, 0.15) is 6.42 Å². The van der Waals surface area contributed by atoms with Crippen LogP contribution >= 0.6 is 0 Å². The Morgan fingerprint density at radius 1 is 1.73 bits per heavy atom. The van der Waals surface area contributed by atoms with Gasteiger partial charge < -0.3 is 14.6 Å². The second kappa shape index (κ2) is 3.75. The Hall–Kier alpha value is -0.520. The first kappa shape index (κ1) is 8.58. The SMILES string of the molecule is CO[C@@H]1C[C@H](O)OC[C@@H]1N=O. The van der Waals surface area contributed by atoms with Gasteiger partial charge in [-0.1, -0.05) is 5.18 Å². The van der Waals surface area contributed by atoms with Crippen molar-refractivity contribution >= 4 is 0 Å². The first-order chi connectivity index (χ1) is 5.27. The molecular formula is C6H11NO4. The standard InChI is InChI=1S/C6H11NO4/c1-10-5-2-6(8)11-3-4(5)7-9/h4-6,8H,2-3H2,1H3/t4-,5+,6+/m0/s1. The van der Waals surface area contributed by atoms with Crippen molar-refractivity contribution in [3.05, 3.63) is 4.91 Å². The molecule has 1 aliphatic rings. The van der Waals surface area contributed by atoms with Gasteiger partial charge in [0.1, 0.15) is 6.04 Å². The quantitative estimate of drug-likeness (QED) is 0.573. The summed E-state index contributed by atoms with van der Waals surface area (Å²) in [5, 5.41) is 11.8. The van der Waals surface area contributed by atoms with Crippen molar-refractivity contribution in [2.75, 3.05) is 13.7 Å². The van der Waals surface area contributed by atoms with Crippen LogP contribution in [0.2, 0.25) is 0 Å². The number of aliphatic hydroxyl groups is 1. The molecule has 0 aromatic carbocycles. The minimum atomic E-state index is -0.821. The van der Waals surface area contributed by atoms with Gasteiger partial charge in [0.2, 0.25) is 0 Å². The largest absolute Gasteiger partial charge is 0.379 e. The third-order valence-electron chi connectivity index (χ3n) is 1.76. The average molecular weight is 161 g/mol.